The lowest BCUT2D eigenvalue weighted by molar-refractivity contribution is -0.130. The van der Waals surface area contributed by atoms with Crippen LogP contribution in [0.1, 0.15) is 18.6 Å². The van der Waals surface area contributed by atoms with E-state index in [-0.39, 0.29) is 12.0 Å². The summed E-state index contributed by atoms with van der Waals surface area (Å²) in [6, 6.07) is 11.2. The van der Waals surface area contributed by atoms with Crippen LogP contribution in [0.25, 0.3) is 11.3 Å². The molecule has 1 N–H and O–H groups in total. The molecule has 1 aromatic carbocycles. The summed E-state index contributed by atoms with van der Waals surface area (Å²) in [5.74, 6) is 1.40. The van der Waals surface area contributed by atoms with Gasteiger partial charge >= 0.3 is 0 Å². The van der Waals surface area contributed by atoms with Crippen LogP contribution in [0.3, 0.4) is 0 Å². The van der Waals surface area contributed by atoms with Gasteiger partial charge in [-0.2, -0.15) is 0 Å². The summed E-state index contributed by atoms with van der Waals surface area (Å²) in [4.78, 5) is 11.8. The molecule has 1 aliphatic rings. The predicted octanol–water partition coefficient (Wildman–Crippen LogP) is 3.40. The quantitative estimate of drug-likeness (QED) is 0.942. The number of carbonyl (C=O) groups excluding carboxylic acids is 1. The van der Waals surface area contributed by atoms with Gasteiger partial charge in [0.25, 0.3) is 0 Å². The van der Waals surface area contributed by atoms with Crippen molar-refractivity contribution in [3.05, 3.63) is 47.2 Å². The van der Waals surface area contributed by atoms with E-state index in [0.717, 1.165) is 24.2 Å². The number of amides is 1. The maximum Gasteiger partial charge on any atom is 0.249 e. The average molecular weight is 306 g/mol. The van der Waals surface area contributed by atoms with Gasteiger partial charge in [0.15, 0.2) is 0 Å². The molecule has 1 fully saturated rings. The Balaban J connectivity index is 1.60. The highest BCUT2D eigenvalue weighted by molar-refractivity contribution is 6.30. The molecule has 0 spiro atoms. The summed E-state index contributed by atoms with van der Waals surface area (Å²) < 4.78 is 11.1. The van der Waals surface area contributed by atoms with E-state index in [2.05, 4.69) is 5.32 Å². The van der Waals surface area contributed by atoms with Crippen LogP contribution >= 0.6 is 11.6 Å². The zero-order valence-electron chi connectivity index (χ0n) is 11.5. The van der Waals surface area contributed by atoms with E-state index >= 15 is 0 Å². The number of rotatable bonds is 4. The van der Waals surface area contributed by atoms with Crippen molar-refractivity contribution < 1.29 is 13.9 Å². The predicted molar refractivity (Wildman–Crippen MR) is 80.0 cm³/mol. The number of benzene rings is 1. The van der Waals surface area contributed by atoms with Crippen molar-refractivity contribution in [1.29, 1.82) is 0 Å². The largest absolute Gasteiger partial charge is 0.459 e. The fraction of sp³-hybridized carbons (Fsp3) is 0.312. The number of hydrogen-bond acceptors (Lipinski definition) is 3. The first kappa shape index (κ1) is 14.2. The smallest absolute Gasteiger partial charge is 0.249 e. The maximum absolute atomic E-state index is 11.8. The first-order valence-corrected chi connectivity index (χ1v) is 7.34. The molecule has 2 heterocycles. The van der Waals surface area contributed by atoms with Gasteiger partial charge in [-0.3, -0.25) is 4.79 Å². The zero-order valence-corrected chi connectivity index (χ0v) is 12.2. The second-order valence-electron chi connectivity index (χ2n) is 4.99. The first-order chi connectivity index (χ1) is 10.2. The van der Waals surface area contributed by atoms with E-state index in [9.17, 15) is 4.79 Å². The third-order valence-electron chi connectivity index (χ3n) is 3.45. The molecule has 21 heavy (non-hydrogen) atoms. The lowest BCUT2D eigenvalue weighted by atomic mass is 10.2. The second kappa shape index (κ2) is 6.33. The van der Waals surface area contributed by atoms with E-state index in [1.54, 1.807) is 0 Å². The molecule has 110 valence electrons. The Labute approximate surface area is 128 Å². The Kier molecular flexibility index (Phi) is 4.27. The van der Waals surface area contributed by atoms with Crippen molar-refractivity contribution in [2.75, 3.05) is 6.61 Å². The Bertz CT molecular complexity index is 615. The van der Waals surface area contributed by atoms with Crippen LogP contribution in [0.4, 0.5) is 0 Å². The third kappa shape index (κ3) is 3.46. The molecule has 1 atom stereocenters. The average Bonchev–Trinajstić information content (AvgIpc) is 3.17. The van der Waals surface area contributed by atoms with Crippen molar-refractivity contribution in [2.24, 2.45) is 0 Å². The third-order valence-corrected chi connectivity index (χ3v) is 3.70. The molecule has 1 aromatic heterocycles. The normalized spacial score (nSPS) is 17.9. The van der Waals surface area contributed by atoms with Crippen molar-refractivity contribution in [2.45, 2.75) is 25.5 Å². The molecule has 3 rings (SSSR count). The summed E-state index contributed by atoms with van der Waals surface area (Å²) in [5.41, 5.74) is 0.955. The highest BCUT2D eigenvalue weighted by Gasteiger charge is 2.23. The highest BCUT2D eigenvalue weighted by atomic mass is 35.5. The fourth-order valence-electron chi connectivity index (χ4n) is 2.31. The van der Waals surface area contributed by atoms with Crippen LogP contribution in [0.5, 0.6) is 0 Å². The van der Waals surface area contributed by atoms with E-state index in [4.69, 9.17) is 20.8 Å². The minimum absolute atomic E-state index is 0.0723. The monoisotopic (exact) mass is 305 g/mol. The van der Waals surface area contributed by atoms with Crippen molar-refractivity contribution in [3.63, 3.8) is 0 Å². The number of carbonyl (C=O) groups is 1. The molecule has 0 radical (unpaired) electrons. The molecule has 0 unspecified atom stereocenters. The summed E-state index contributed by atoms with van der Waals surface area (Å²) >= 11 is 5.86. The molecular formula is C16H16ClNO3. The SMILES string of the molecule is O=C(NCc1ccc(-c2ccc(Cl)cc2)o1)[C@@H]1CCCO1. The second-order valence-corrected chi connectivity index (χ2v) is 5.43. The number of halogens is 1. The van der Waals surface area contributed by atoms with Crippen molar-refractivity contribution in [1.82, 2.24) is 5.32 Å². The van der Waals surface area contributed by atoms with Gasteiger partial charge in [0.2, 0.25) is 5.91 Å². The van der Waals surface area contributed by atoms with Crippen LogP contribution in [0.2, 0.25) is 5.02 Å². The van der Waals surface area contributed by atoms with Gasteiger partial charge in [-0.05, 0) is 49.2 Å². The summed E-state index contributed by atoms with van der Waals surface area (Å²) in [5, 5.41) is 3.53. The van der Waals surface area contributed by atoms with Gasteiger partial charge in [0, 0.05) is 17.2 Å². The molecule has 1 aliphatic heterocycles. The van der Waals surface area contributed by atoms with Gasteiger partial charge in [-0.15, -0.1) is 0 Å². The van der Waals surface area contributed by atoms with Gasteiger partial charge in [0.1, 0.15) is 17.6 Å². The summed E-state index contributed by atoms with van der Waals surface area (Å²) in [6.07, 6.45) is 1.43. The van der Waals surface area contributed by atoms with Gasteiger partial charge < -0.3 is 14.5 Å². The van der Waals surface area contributed by atoms with Crippen molar-refractivity contribution in [3.8, 4) is 11.3 Å². The Hall–Kier alpha value is -1.78. The Morgan fingerprint density at radius 2 is 2.05 bits per heavy atom. The molecule has 4 nitrogen and oxygen atoms in total. The summed E-state index contributed by atoms with van der Waals surface area (Å²) in [6.45, 7) is 1.03. The van der Waals surface area contributed by atoms with Crippen LogP contribution in [0, 0.1) is 0 Å². The molecule has 2 aromatic rings. The van der Waals surface area contributed by atoms with Crippen LogP contribution in [-0.2, 0) is 16.1 Å². The molecular weight excluding hydrogens is 290 g/mol. The van der Waals surface area contributed by atoms with Crippen LogP contribution in [0.15, 0.2) is 40.8 Å². The first-order valence-electron chi connectivity index (χ1n) is 6.96. The molecule has 1 saturated heterocycles. The number of nitrogens with one attached hydrogen (secondary N) is 1. The number of furan rings is 1. The van der Waals surface area contributed by atoms with E-state index in [1.165, 1.54) is 0 Å². The minimum atomic E-state index is -0.310. The molecule has 0 bridgehead atoms. The molecule has 1 amide bonds. The van der Waals surface area contributed by atoms with E-state index < -0.39 is 0 Å². The van der Waals surface area contributed by atoms with E-state index in [0.29, 0.717) is 23.9 Å². The van der Waals surface area contributed by atoms with Crippen molar-refractivity contribution >= 4 is 17.5 Å². The lowest BCUT2D eigenvalue weighted by Gasteiger charge is -2.08. The van der Waals surface area contributed by atoms with Gasteiger partial charge in [0.05, 0.1) is 6.54 Å². The Morgan fingerprint density at radius 3 is 2.76 bits per heavy atom. The topological polar surface area (TPSA) is 51.5 Å². The van der Waals surface area contributed by atoms with E-state index in [1.807, 2.05) is 36.4 Å². The molecule has 0 saturated carbocycles. The molecule has 5 heteroatoms. The highest BCUT2D eigenvalue weighted by Crippen LogP contribution is 2.23. The Morgan fingerprint density at radius 1 is 1.24 bits per heavy atom. The fourth-order valence-corrected chi connectivity index (χ4v) is 2.44. The maximum atomic E-state index is 11.8. The molecule has 0 aliphatic carbocycles. The minimum Gasteiger partial charge on any atom is -0.459 e. The van der Waals surface area contributed by atoms with Crippen LogP contribution in [-0.4, -0.2) is 18.6 Å². The number of ether oxygens (including phenoxy) is 1. The lowest BCUT2D eigenvalue weighted by Crippen LogP contribution is -2.33. The van der Waals surface area contributed by atoms with Gasteiger partial charge in [-0.25, -0.2) is 0 Å². The number of hydrogen-bond donors (Lipinski definition) is 1. The van der Waals surface area contributed by atoms with Gasteiger partial charge in [-0.1, -0.05) is 11.6 Å². The van der Waals surface area contributed by atoms with Crippen LogP contribution < -0.4 is 5.32 Å². The zero-order chi connectivity index (χ0) is 14.7. The standard InChI is InChI=1S/C16H16ClNO3/c17-12-5-3-11(4-6-12)14-8-7-13(21-14)10-18-16(19)15-2-1-9-20-15/h3-8,15H,1-2,9-10H2,(H,18,19)/t15-/m0/s1. The summed E-state index contributed by atoms with van der Waals surface area (Å²) in [7, 11) is 0.